The summed E-state index contributed by atoms with van der Waals surface area (Å²) in [4.78, 5) is 10.1. The Morgan fingerprint density at radius 2 is 2.17 bits per heavy atom. The highest BCUT2D eigenvalue weighted by molar-refractivity contribution is 5.83. The Morgan fingerprint density at radius 3 is 2.75 bits per heavy atom. The SMILES string of the molecule is O=C(O)Nc1cc(O)ccc1F. The first-order valence-corrected chi connectivity index (χ1v) is 3.08. The van der Waals surface area contributed by atoms with Crippen LogP contribution in [0.1, 0.15) is 0 Å². The summed E-state index contributed by atoms with van der Waals surface area (Å²) in [6, 6.07) is 3.09. The molecular formula is C7H6FNO3. The maximum absolute atomic E-state index is 12.7. The lowest BCUT2D eigenvalue weighted by molar-refractivity contribution is 0.209. The first kappa shape index (κ1) is 8.32. The highest BCUT2D eigenvalue weighted by Gasteiger charge is 2.05. The van der Waals surface area contributed by atoms with Crippen LogP contribution in [0.5, 0.6) is 5.75 Å². The molecule has 1 aromatic rings. The first-order chi connectivity index (χ1) is 5.59. The number of benzene rings is 1. The van der Waals surface area contributed by atoms with Crippen molar-refractivity contribution in [3.8, 4) is 5.75 Å². The average molecular weight is 171 g/mol. The molecule has 0 saturated carbocycles. The summed E-state index contributed by atoms with van der Waals surface area (Å²) in [5.41, 5.74) is -0.262. The molecule has 0 aromatic heterocycles. The van der Waals surface area contributed by atoms with E-state index in [1.54, 1.807) is 5.32 Å². The van der Waals surface area contributed by atoms with Gasteiger partial charge in [-0.1, -0.05) is 0 Å². The Labute approximate surface area is 67.3 Å². The Morgan fingerprint density at radius 1 is 1.50 bits per heavy atom. The third-order valence-electron chi connectivity index (χ3n) is 1.19. The van der Waals surface area contributed by atoms with Crippen LogP contribution >= 0.6 is 0 Å². The van der Waals surface area contributed by atoms with E-state index in [1.165, 1.54) is 0 Å². The molecule has 0 unspecified atom stereocenters. The Kier molecular flexibility index (Phi) is 2.14. The monoisotopic (exact) mass is 171 g/mol. The molecule has 0 spiro atoms. The third-order valence-corrected chi connectivity index (χ3v) is 1.19. The molecule has 1 rings (SSSR count). The summed E-state index contributed by atoms with van der Waals surface area (Å²) in [5, 5.41) is 18.9. The molecule has 0 bridgehead atoms. The van der Waals surface area contributed by atoms with Crippen molar-refractivity contribution in [3.63, 3.8) is 0 Å². The van der Waals surface area contributed by atoms with Crippen molar-refractivity contribution in [1.82, 2.24) is 0 Å². The Bertz CT molecular complexity index is 314. The molecule has 0 aliphatic rings. The highest BCUT2D eigenvalue weighted by Crippen LogP contribution is 2.19. The highest BCUT2D eigenvalue weighted by atomic mass is 19.1. The standard InChI is InChI=1S/C7H6FNO3/c8-5-2-1-4(10)3-6(5)9-7(11)12/h1-3,9-10H,(H,11,12). The summed E-state index contributed by atoms with van der Waals surface area (Å²) in [6.07, 6.45) is -1.38. The van der Waals surface area contributed by atoms with Crippen molar-refractivity contribution >= 4 is 11.8 Å². The maximum atomic E-state index is 12.7. The van der Waals surface area contributed by atoms with Gasteiger partial charge >= 0.3 is 6.09 Å². The van der Waals surface area contributed by atoms with Crippen LogP contribution in [0.4, 0.5) is 14.9 Å². The fraction of sp³-hybridized carbons (Fsp3) is 0. The van der Waals surface area contributed by atoms with Crippen molar-refractivity contribution in [1.29, 1.82) is 0 Å². The van der Waals surface area contributed by atoms with E-state index in [9.17, 15) is 9.18 Å². The van der Waals surface area contributed by atoms with Crippen LogP contribution in [0.25, 0.3) is 0 Å². The minimum Gasteiger partial charge on any atom is -0.508 e. The van der Waals surface area contributed by atoms with E-state index in [2.05, 4.69) is 0 Å². The zero-order valence-corrected chi connectivity index (χ0v) is 5.91. The van der Waals surface area contributed by atoms with Gasteiger partial charge in [-0.2, -0.15) is 0 Å². The lowest BCUT2D eigenvalue weighted by Gasteiger charge is -2.01. The lowest BCUT2D eigenvalue weighted by Crippen LogP contribution is -2.08. The van der Waals surface area contributed by atoms with Gasteiger partial charge in [-0.05, 0) is 12.1 Å². The zero-order valence-electron chi connectivity index (χ0n) is 5.91. The number of nitrogens with one attached hydrogen (secondary N) is 1. The number of hydrogen-bond donors (Lipinski definition) is 3. The second-order valence-electron chi connectivity index (χ2n) is 2.09. The summed E-state index contributed by atoms with van der Waals surface area (Å²) in [6.45, 7) is 0. The van der Waals surface area contributed by atoms with Crippen molar-refractivity contribution in [2.75, 3.05) is 5.32 Å². The average Bonchev–Trinajstić information content (AvgIpc) is 1.96. The number of phenolic OH excluding ortho intramolecular Hbond substituents is 1. The molecule has 64 valence electrons. The van der Waals surface area contributed by atoms with Gasteiger partial charge in [-0.15, -0.1) is 0 Å². The molecular weight excluding hydrogens is 165 g/mol. The lowest BCUT2D eigenvalue weighted by atomic mass is 10.3. The van der Waals surface area contributed by atoms with Crippen LogP contribution < -0.4 is 5.32 Å². The maximum Gasteiger partial charge on any atom is 0.409 e. The van der Waals surface area contributed by atoms with Gasteiger partial charge in [0.25, 0.3) is 0 Å². The quantitative estimate of drug-likeness (QED) is 0.601. The molecule has 0 saturated heterocycles. The van der Waals surface area contributed by atoms with Gasteiger partial charge in [0.15, 0.2) is 0 Å². The molecule has 0 fully saturated rings. The first-order valence-electron chi connectivity index (χ1n) is 3.08. The number of rotatable bonds is 1. The van der Waals surface area contributed by atoms with E-state index in [0.717, 1.165) is 18.2 Å². The van der Waals surface area contributed by atoms with E-state index in [-0.39, 0.29) is 11.4 Å². The van der Waals surface area contributed by atoms with Crippen LogP contribution in [-0.4, -0.2) is 16.3 Å². The largest absolute Gasteiger partial charge is 0.508 e. The summed E-state index contributed by atoms with van der Waals surface area (Å²) >= 11 is 0. The number of hydrogen-bond acceptors (Lipinski definition) is 2. The molecule has 12 heavy (non-hydrogen) atoms. The van der Waals surface area contributed by atoms with E-state index >= 15 is 0 Å². The van der Waals surface area contributed by atoms with Gasteiger partial charge < -0.3 is 10.2 Å². The van der Waals surface area contributed by atoms with E-state index in [1.807, 2.05) is 0 Å². The van der Waals surface area contributed by atoms with Crippen molar-refractivity contribution < 1.29 is 19.4 Å². The second kappa shape index (κ2) is 3.08. The van der Waals surface area contributed by atoms with E-state index < -0.39 is 11.9 Å². The van der Waals surface area contributed by atoms with Gasteiger partial charge in [0.05, 0.1) is 5.69 Å². The van der Waals surface area contributed by atoms with Crippen LogP contribution in [-0.2, 0) is 0 Å². The van der Waals surface area contributed by atoms with Gasteiger partial charge in [-0.25, -0.2) is 9.18 Å². The van der Waals surface area contributed by atoms with Crippen molar-refractivity contribution in [3.05, 3.63) is 24.0 Å². The molecule has 3 N–H and O–H groups in total. The van der Waals surface area contributed by atoms with Gasteiger partial charge in [0, 0.05) is 6.07 Å². The number of phenols is 1. The number of carbonyl (C=O) groups is 1. The van der Waals surface area contributed by atoms with Crippen molar-refractivity contribution in [2.45, 2.75) is 0 Å². The molecule has 0 aliphatic carbocycles. The molecule has 1 amide bonds. The Balaban J connectivity index is 2.97. The molecule has 1 aromatic carbocycles. The van der Waals surface area contributed by atoms with E-state index in [4.69, 9.17) is 10.2 Å². The number of halogens is 1. The topological polar surface area (TPSA) is 69.6 Å². The molecule has 5 heteroatoms. The summed E-state index contributed by atoms with van der Waals surface area (Å²) < 4.78 is 12.7. The molecule has 0 radical (unpaired) electrons. The number of aromatic hydroxyl groups is 1. The Hall–Kier alpha value is -1.78. The fourth-order valence-corrected chi connectivity index (χ4v) is 0.724. The molecule has 0 heterocycles. The van der Waals surface area contributed by atoms with Crippen LogP contribution in [0.2, 0.25) is 0 Å². The fourth-order valence-electron chi connectivity index (χ4n) is 0.724. The molecule has 0 aliphatic heterocycles. The smallest absolute Gasteiger partial charge is 0.409 e. The summed E-state index contributed by atoms with van der Waals surface area (Å²) in [7, 11) is 0. The zero-order chi connectivity index (χ0) is 9.14. The normalized spacial score (nSPS) is 9.42. The minimum atomic E-state index is -1.38. The third kappa shape index (κ3) is 1.85. The predicted molar refractivity (Wildman–Crippen MR) is 39.7 cm³/mol. The van der Waals surface area contributed by atoms with Crippen LogP contribution in [0, 0.1) is 5.82 Å². The number of carboxylic acid groups (broad SMARTS) is 1. The molecule has 4 nitrogen and oxygen atoms in total. The summed E-state index contributed by atoms with van der Waals surface area (Å²) in [5.74, 6) is -0.921. The van der Waals surface area contributed by atoms with E-state index in [0.29, 0.717) is 0 Å². The van der Waals surface area contributed by atoms with Gasteiger partial charge in [0.1, 0.15) is 11.6 Å². The predicted octanol–water partition coefficient (Wildman–Crippen LogP) is 1.62. The van der Waals surface area contributed by atoms with Crippen LogP contribution in [0.15, 0.2) is 18.2 Å². The minimum absolute atomic E-state index is 0.194. The number of amides is 1. The molecule has 0 atom stereocenters. The van der Waals surface area contributed by atoms with Crippen molar-refractivity contribution in [2.24, 2.45) is 0 Å². The van der Waals surface area contributed by atoms with Gasteiger partial charge in [-0.3, -0.25) is 5.32 Å². The number of anilines is 1. The van der Waals surface area contributed by atoms with Gasteiger partial charge in [0.2, 0.25) is 0 Å². The second-order valence-corrected chi connectivity index (χ2v) is 2.09. The van der Waals surface area contributed by atoms with Crippen LogP contribution in [0.3, 0.4) is 0 Å².